The number of nitrogens with zero attached hydrogens (tertiary/aromatic N) is 4. The summed E-state index contributed by atoms with van der Waals surface area (Å²) in [5, 5.41) is 9.39. The van der Waals surface area contributed by atoms with E-state index in [0.29, 0.717) is 22.9 Å². The molecule has 0 radical (unpaired) electrons. The van der Waals surface area contributed by atoms with E-state index < -0.39 is 0 Å². The summed E-state index contributed by atoms with van der Waals surface area (Å²) in [5.41, 5.74) is 0.775. The van der Waals surface area contributed by atoms with Gasteiger partial charge in [0.2, 0.25) is 11.8 Å². The first-order valence-electron chi connectivity index (χ1n) is 7.71. The number of rotatable bonds is 5. The van der Waals surface area contributed by atoms with Crippen molar-refractivity contribution in [2.24, 2.45) is 0 Å². The maximum Gasteiger partial charge on any atom is 0.262 e. The molecule has 1 aliphatic rings. The Morgan fingerprint density at radius 2 is 2.04 bits per heavy atom. The van der Waals surface area contributed by atoms with Gasteiger partial charge in [0, 0.05) is 12.5 Å². The summed E-state index contributed by atoms with van der Waals surface area (Å²) < 4.78 is 7.35. The lowest BCUT2D eigenvalue weighted by Gasteiger charge is -2.11. The summed E-state index contributed by atoms with van der Waals surface area (Å²) in [7, 11) is 0. The smallest absolute Gasteiger partial charge is 0.262 e. The molecule has 0 aliphatic heterocycles. The van der Waals surface area contributed by atoms with E-state index in [1.54, 1.807) is 0 Å². The van der Waals surface area contributed by atoms with E-state index in [0.717, 1.165) is 29.9 Å². The number of hydrogen-bond acceptors (Lipinski definition) is 6. The molecule has 118 valence electrons. The summed E-state index contributed by atoms with van der Waals surface area (Å²) in [6.45, 7) is 1.97. The second-order valence-electron chi connectivity index (χ2n) is 5.55. The molecule has 0 unspecified atom stereocenters. The highest BCUT2D eigenvalue weighted by Gasteiger charge is 2.28. The second kappa shape index (κ2) is 5.81. The van der Waals surface area contributed by atoms with Gasteiger partial charge in [-0.3, -0.25) is 9.36 Å². The Morgan fingerprint density at radius 1 is 1.26 bits per heavy atom. The Morgan fingerprint density at radius 3 is 2.78 bits per heavy atom. The summed E-state index contributed by atoms with van der Waals surface area (Å²) in [6.07, 6.45) is 2.79. The maximum absolute atomic E-state index is 12.8. The van der Waals surface area contributed by atoms with Crippen LogP contribution in [0, 0.1) is 0 Å². The standard InChI is InChI=1S/C16H16N4O2S/c1-2-13-18-19-14(22-13)9-23-16-17-12-6-4-3-5-11(12)15(21)20(16)10-7-8-10/h3-6,10H,2,7-9H2,1H3. The molecule has 1 saturated carbocycles. The van der Waals surface area contributed by atoms with Gasteiger partial charge in [-0.25, -0.2) is 4.98 Å². The van der Waals surface area contributed by atoms with Crippen molar-refractivity contribution in [3.8, 4) is 0 Å². The molecule has 2 heterocycles. The van der Waals surface area contributed by atoms with Crippen LogP contribution in [0.1, 0.15) is 37.6 Å². The quantitative estimate of drug-likeness (QED) is 0.529. The van der Waals surface area contributed by atoms with Crippen LogP contribution < -0.4 is 5.56 Å². The van der Waals surface area contributed by atoms with Crippen LogP contribution in [0.2, 0.25) is 0 Å². The number of benzene rings is 1. The first-order valence-corrected chi connectivity index (χ1v) is 8.70. The molecule has 2 aromatic heterocycles. The Labute approximate surface area is 136 Å². The topological polar surface area (TPSA) is 73.8 Å². The third-order valence-corrected chi connectivity index (χ3v) is 4.76. The van der Waals surface area contributed by atoms with E-state index in [2.05, 4.69) is 15.2 Å². The molecule has 3 aromatic rings. The molecule has 7 heteroatoms. The zero-order valence-corrected chi connectivity index (χ0v) is 13.5. The number of fused-ring (bicyclic) bond motifs is 1. The monoisotopic (exact) mass is 328 g/mol. The minimum atomic E-state index is 0.0420. The summed E-state index contributed by atoms with van der Waals surface area (Å²) in [5.74, 6) is 1.72. The van der Waals surface area contributed by atoms with E-state index in [4.69, 9.17) is 4.42 Å². The first kappa shape index (κ1) is 14.4. The van der Waals surface area contributed by atoms with Crippen molar-refractivity contribution in [3.63, 3.8) is 0 Å². The number of para-hydroxylation sites is 1. The minimum absolute atomic E-state index is 0.0420. The Bertz CT molecular complexity index is 914. The molecule has 0 amide bonds. The first-order chi connectivity index (χ1) is 11.3. The van der Waals surface area contributed by atoms with Crippen molar-refractivity contribution >= 4 is 22.7 Å². The van der Waals surface area contributed by atoms with E-state index in [1.807, 2.05) is 35.8 Å². The molecule has 0 bridgehead atoms. The molecule has 1 aromatic carbocycles. The van der Waals surface area contributed by atoms with Gasteiger partial charge in [-0.15, -0.1) is 10.2 Å². The van der Waals surface area contributed by atoms with Gasteiger partial charge in [0.15, 0.2) is 5.16 Å². The van der Waals surface area contributed by atoms with Crippen LogP contribution in [0.4, 0.5) is 0 Å². The van der Waals surface area contributed by atoms with Crippen LogP contribution in [0.25, 0.3) is 10.9 Å². The van der Waals surface area contributed by atoms with E-state index in [1.165, 1.54) is 11.8 Å². The van der Waals surface area contributed by atoms with Gasteiger partial charge >= 0.3 is 0 Å². The summed E-state index contributed by atoms with van der Waals surface area (Å²) in [6, 6.07) is 7.76. The maximum atomic E-state index is 12.8. The highest BCUT2D eigenvalue weighted by atomic mass is 32.2. The van der Waals surface area contributed by atoms with Crippen LogP contribution in [-0.2, 0) is 12.2 Å². The molecule has 0 atom stereocenters. The van der Waals surface area contributed by atoms with Gasteiger partial charge in [0.25, 0.3) is 5.56 Å². The van der Waals surface area contributed by atoms with Gasteiger partial charge in [0.1, 0.15) is 0 Å². The third-order valence-electron chi connectivity index (χ3n) is 3.82. The Kier molecular flexibility index (Phi) is 3.65. The van der Waals surface area contributed by atoms with Crippen molar-refractivity contribution in [2.45, 2.75) is 43.1 Å². The number of aryl methyl sites for hydroxylation is 1. The van der Waals surface area contributed by atoms with E-state index in [9.17, 15) is 4.79 Å². The molecule has 1 aliphatic carbocycles. The van der Waals surface area contributed by atoms with E-state index in [-0.39, 0.29) is 11.6 Å². The predicted molar refractivity (Wildman–Crippen MR) is 87.5 cm³/mol. The van der Waals surface area contributed by atoms with Crippen molar-refractivity contribution in [3.05, 3.63) is 46.4 Å². The van der Waals surface area contributed by atoms with Crippen molar-refractivity contribution < 1.29 is 4.42 Å². The summed E-state index contributed by atoms with van der Waals surface area (Å²) >= 11 is 1.48. The normalized spacial score (nSPS) is 14.5. The highest BCUT2D eigenvalue weighted by molar-refractivity contribution is 7.98. The van der Waals surface area contributed by atoms with Gasteiger partial charge in [-0.1, -0.05) is 30.8 Å². The van der Waals surface area contributed by atoms with Crippen LogP contribution >= 0.6 is 11.8 Å². The predicted octanol–water partition coefficient (Wildman–Crippen LogP) is 2.97. The molecule has 0 saturated heterocycles. The van der Waals surface area contributed by atoms with Crippen molar-refractivity contribution in [2.75, 3.05) is 0 Å². The molecule has 0 N–H and O–H groups in total. The van der Waals surface area contributed by atoms with Gasteiger partial charge < -0.3 is 4.42 Å². The SMILES string of the molecule is CCc1nnc(CSc2nc3ccccc3c(=O)n2C2CC2)o1. The fraction of sp³-hybridized carbons (Fsp3) is 0.375. The zero-order valence-electron chi connectivity index (χ0n) is 12.7. The molecule has 1 fully saturated rings. The fourth-order valence-corrected chi connectivity index (χ4v) is 3.40. The van der Waals surface area contributed by atoms with Crippen LogP contribution in [0.3, 0.4) is 0 Å². The number of aromatic nitrogens is 4. The second-order valence-corrected chi connectivity index (χ2v) is 6.49. The lowest BCUT2D eigenvalue weighted by molar-refractivity contribution is 0.469. The third kappa shape index (κ3) is 2.76. The van der Waals surface area contributed by atoms with Gasteiger partial charge in [0.05, 0.1) is 16.7 Å². The van der Waals surface area contributed by atoms with Gasteiger partial charge in [-0.05, 0) is 25.0 Å². The van der Waals surface area contributed by atoms with Gasteiger partial charge in [-0.2, -0.15) is 0 Å². The highest BCUT2D eigenvalue weighted by Crippen LogP contribution is 2.37. The Hall–Kier alpha value is -2.15. The number of thioether (sulfide) groups is 1. The molecular weight excluding hydrogens is 312 g/mol. The molecule has 4 rings (SSSR count). The van der Waals surface area contributed by atoms with Crippen LogP contribution in [0.15, 0.2) is 38.6 Å². The fourth-order valence-electron chi connectivity index (χ4n) is 2.50. The largest absolute Gasteiger partial charge is 0.424 e. The zero-order chi connectivity index (χ0) is 15.8. The summed E-state index contributed by atoms with van der Waals surface area (Å²) in [4.78, 5) is 17.4. The van der Waals surface area contributed by atoms with E-state index >= 15 is 0 Å². The molecule has 0 spiro atoms. The molecule has 6 nitrogen and oxygen atoms in total. The van der Waals surface area contributed by atoms with Crippen LogP contribution in [-0.4, -0.2) is 19.7 Å². The molecular formula is C16H16N4O2S. The Balaban J connectivity index is 1.70. The average molecular weight is 328 g/mol. The lowest BCUT2D eigenvalue weighted by Crippen LogP contribution is -2.22. The molecule has 23 heavy (non-hydrogen) atoms. The average Bonchev–Trinajstić information content (AvgIpc) is 3.30. The van der Waals surface area contributed by atoms with Crippen molar-refractivity contribution in [1.82, 2.24) is 19.7 Å². The minimum Gasteiger partial charge on any atom is -0.424 e. The van der Waals surface area contributed by atoms with Crippen molar-refractivity contribution in [1.29, 1.82) is 0 Å². The number of hydrogen-bond donors (Lipinski definition) is 0. The van der Waals surface area contributed by atoms with Crippen LogP contribution in [0.5, 0.6) is 0 Å². The lowest BCUT2D eigenvalue weighted by atomic mass is 10.2.